The molecule has 1 saturated heterocycles. The Labute approximate surface area is 140 Å². The number of nitrogens with one attached hydrogen (secondary N) is 1. The van der Waals surface area contributed by atoms with Crippen molar-refractivity contribution in [2.45, 2.75) is 38.8 Å². The molecule has 1 amide bonds. The lowest BCUT2D eigenvalue weighted by Gasteiger charge is -2.32. The largest absolute Gasteiger partial charge is 0.470 e. The van der Waals surface area contributed by atoms with Gasteiger partial charge in [-0.25, -0.2) is 4.98 Å². The molecule has 7 nitrogen and oxygen atoms in total. The standard InChI is InChI=1S/C17H21N3O4/c1-3-12-16(11(2)24-20-12)17(21)19-13-7-9-22-10-14(13)23-15-6-4-5-8-18-15/h4-6,8,13-14H,3,7,9-10H2,1-2H3,(H,19,21)/t13-,14-/m1/s1. The number of carbonyl (C=O) groups is 1. The van der Waals surface area contributed by atoms with E-state index in [0.29, 0.717) is 49.0 Å². The summed E-state index contributed by atoms with van der Waals surface area (Å²) in [6.07, 6.45) is 2.69. The summed E-state index contributed by atoms with van der Waals surface area (Å²) in [5.41, 5.74) is 1.18. The maximum absolute atomic E-state index is 12.6. The van der Waals surface area contributed by atoms with Gasteiger partial charge in [-0.05, 0) is 25.8 Å². The molecule has 3 rings (SSSR count). The highest BCUT2D eigenvalue weighted by atomic mass is 16.5. The van der Waals surface area contributed by atoms with E-state index in [1.54, 1.807) is 19.2 Å². The molecule has 2 aromatic heterocycles. The maximum atomic E-state index is 12.6. The average Bonchev–Trinajstić information content (AvgIpc) is 2.98. The Morgan fingerprint density at radius 3 is 3.08 bits per heavy atom. The minimum Gasteiger partial charge on any atom is -0.470 e. The lowest BCUT2D eigenvalue weighted by atomic mass is 10.0. The predicted octanol–water partition coefficient (Wildman–Crippen LogP) is 1.91. The zero-order valence-electron chi connectivity index (χ0n) is 13.8. The van der Waals surface area contributed by atoms with Gasteiger partial charge < -0.3 is 19.3 Å². The number of nitrogens with zero attached hydrogens (tertiary/aromatic N) is 2. The Morgan fingerprint density at radius 2 is 2.33 bits per heavy atom. The van der Waals surface area contributed by atoms with E-state index in [0.717, 1.165) is 0 Å². The molecule has 1 aliphatic rings. The molecule has 0 unspecified atom stereocenters. The summed E-state index contributed by atoms with van der Waals surface area (Å²) in [6.45, 7) is 4.67. The molecule has 0 saturated carbocycles. The van der Waals surface area contributed by atoms with Crippen molar-refractivity contribution in [1.29, 1.82) is 0 Å². The Morgan fingerprint density at radius 1 is 1.46 bits per heavy atom. The number of rotatable bonds is 5. The number of hydrogen-bond donors (Lipinski definition) is 1. The van der Waals surface area contributed by atoms with Gasteiger partial charge in [0.2, 0.25) is 5.88 Å². The van der Waals surface area contributed by atoms with Crippen molar-refractivity contribution < 1.29 is 18.8 Å². The minimum absolute atomic E-state index is 0.160. The summed E-state index contributed by atoms with van der Waals surface area (Å²) >= 11 is 0. The van der Waals surface area contributed by atoms with Crippen LogP contribution < -0.4 is 10.1 Å². The first-order chi connectivity index (χ1) is 11.7. The Hall–Kier alpha value is -2.41. The van der Waals surface area contributed by atoms with E-state index < -0.39 is 0 Å². The predicted molar refractivity (Wildman–Crippen MR) is 86.0 cm³/mol. The Kier molecular flexibility index (Phi) is 5.10. The molecule has 1 N–H and O–H groups in total. The van der Waals surface area contributed by atoms with Crippen LogP contribution in [-0.4, -0.2) is 41.4 Å². The number of aryl methyl sites for hydroxylation is 2. The van der Waals surface area contributed by atoms with Gasteiger partial charge in [0.05, 0.1) is 18.3 Å². The molecule has 2 atom stereocenters. The first-order valence-electron chi connectivity index (χ1n) is 8.10. The molecular formula is C17H21N3O4. The van der Waals surface area contributed by atoms with Gasteiger partial charge in [0.1, 0.15) is 17.4 Å². The molecule has 3 heterocycles. The lowest BCUT2D eigenvalue weighted by molar-refractivity contribution is -0.0153. The fourth-order valence-electron chi connectivity index (χ4n) is 2.76. The topological polar surface area (TPSA) is 86.5 Å². The van der Waals surface area contributed by atoms with E-state index in [4.69, 9.17) is 14.0 Å². The fourth-order valence-corrected chi connectivity index (χ4v) is 2.76. The van der Waals surface area contributed by atoms with Crippen LogP contribution in [0.2, 0.25) is 0 Å². The number of hydrogen-bond acceptors (Lipinski definition) is 6. The second-order valence-corrected chi connectivity index (χ2v) is 5.68. The van der Waals surface area contributed by atoms with E-state index in [-0.39, 0.29) is 18.1 Å². The van der Waals surface area contributed by atoms with Crippen molar-refractivity contribution >= 4 is 5.91 Å². The van der Waals surface area contributed by atoms with E-state index in [1.807, 2.05) is 19.1 Å². The molecule has 2 aromatic rings. The zero-order chi connectivity index (χ0) is 16.9. The van der Waals surface area contributed by atoms with Crippen LogP contribution in [-0.2, 0) is 11.2 Å². The highest BCUT2D eigenvalue weighted by Gasteiger charge is 2.31. The van der Waals surface area contributed by atoms with Crippen LogP contribution in [0.1, 0.15) is 35.2 Å². The lowest BCUT2D eigenvalue weighted by Crippen LogP contribution is -2.51. The van der Waals surface area contributed by atoms with Crippen molar-refractivity contribution in [3.8, 4) is 5.88 Å². The summed E-state index contributed by atoms with van der Waals surface area (Å²) in [7, 11) is 0. The third-order valence-corrected chi connectivity index (χ3v) is 4.03. The highest BCUT2D eigenvalue weighted by molar-refractivity contribution is 5.96. The van der Waals surface area contributed by atoms with Gasteiger partial charge in [-0.3, -0.25) is 4.79 Å². The van der Waals surface area contributed by atoms with Crippen LogP contribution in [0, 0.1) is 6.92 Å². The van der Waals surface area contributed by atoms with Crippen molar-refractivity contribution in [1.82, 2.24) is 15.5 Å². The Balaban J connectivity index is 1.71. The Bertz CT molecular complexity index is 686. The molecule has 128 valence electrons. The monoisotopic (exact) mass is 331 g/mol. The van der Waals surface area contributed by atoms with E-state index >= 15 is 0 Å². The number of pyridine rings is 1. The van der Waals surface area contributed by atoms with Gasteiger partial charge in [-0.1, -0.05) is 18.1 Å². The van der Waals surface area contributed by atoms with Crippen LogP contribution in [0.5, 0.6) is 5.88 Å². The number of aromatic nitrogens is 2. The molecule has 7 heteroatoms. The van der Waals surface area contributed by atoms with Gasteiger partial charge >= 0.3 is 0 Å². The van der Waals surface area contributed by atoms with Crippen molar-refractivity contribution in [3.63, 3.8) is 0 Å². The quantitative estimate of drug-likeness (QED) is 0.900. The van der Waals surface area contributed by atoms with Gasteiger partial charge in [0, 0.05) is 18.9 Å². The molecular weight excluding hydrogens is 310 g/mol. The number of carbonyl (C=O) groups excluding carboxylic acids is 1. The normalized spacial score (nSPS) is 20.6. The first kappa shape index (κ1) is 16.4. The van der Waals surface area contributed by atoms with Gasteiger partial charge in [0.25, 0.3) is 5.91 Å². The molecule has 1 aliphatic heterocycles. The zero-order valence-corrected chi connectivity index (χ0v) is 13.8. The molecule has 0 spiro atoms. The molecule has 0 bridgehead atoms. The summed E-state index contributed by atoms with van der Waals surface area (Å²) in [4.78, 5) is 16.8. The van der Waals surface area contributed by atoms with E-state index in [9.17, 15) is 4.79 Å². The first-order valence-corrected chi connectivity index (χ1v) is 8.10. The SMILES string of the molecule is CCc1noc(C)c1C(=O)N[C@@H]1CCOC[C@H]1Oc1ccccn1. The van der Waals surface area contributed by atoms with Gasteiger partial charge in [-0.2, -0.15) is 0 Å². The van der Waals surface area contributed by atoms with Crippen molar-refractivity contribution in [2.24, 2.45) is 0 Å². The summed E-state index contributed by atoms with van der Waals surface area (Å²) < 4.78 is 16.5. The van der Waals surface area contributed by atoms with Crippen LogP contribution in [0.25, 0.3) is 0 Å². The van der Waals surface area contributed by atoms with E-state index in [2.05, 4.69) is 15.5 Å². The summed E-state index contributed by atoms with van der Waals surface area (Å²) in [6, 6.07) is 5.30. The molecule has 24 heavy (non-hydrogen) atoms. The van der Waals surface area contributed by atoms with Crippen molar-refractivity contribution in [3.05, 3.63) is 41.4 Å². The molecule has 0 aliphatic carbocycles. The van der Waals surface area contributed by atoms with Crippen molar-refractivity contribution in [2.75, 3.05) is 13.2 Å². The van der Waals surface area contributed by atoms with Crippen LogP contribution in [0.15, 0.2) is 28.9 Å². The summed E-state index contributed by atoms with van der Waals surface area (Å²) in [5.74, 6) is 0.855. The second kappa shape index (κ2) is 7.44. The maximum Gasteiger partial charge on any atom is 0.257 e. The minimum atomic E-state index is -0.289. The number of ether oxygens (including phenoxy) is 2. The van der Waals surface area contributed by atoms with E-state index in [1.165, 1.54) is 0 Å². The van der Waals surface area contributed by atoms with Crippen LogP contribution in [0.3, 0.4) is 0 Å². The highest BCUT2D eigenvalue weighted by Crippen LogP contribution is 2.18. The molecule has 1 fully saturated rings. The second-order valence-electron chi connectivity index (χ2n) is 5.68. The van der Waals surface area contributed by atoms with Crippen LogP contribution in [0.4, 0.5) is 0 Å². The molecule has 0 radical (unpaired) electrons. The summed E-state index contributed by atoms with van der Waals surface area (Å²) in [5, 5.41) is 6.97. The average molecular weight is 331 g/mol. The van der Waals surface area contributed by atoms with Gasteiger partial charge in [0.15, 0.2) is 0 Å². The number of amides is 1. The third kappa shape index (κ3) is 3.56. The third-order valence-electron chi connectivity index (χ3n) is 4.03. The van der Waals surface area contributed by atoms with Gasteiger partial charge in [-0.15, -0.1) is 0 Å². The van der Waals surface area contributed by atoms with Crippen LogP contribution >= 0.6 is 0 Å². The fraction of sp³-hybridized carbons (Fsp3) is 0.471. The smallest absolute Gasteiger partial charge is 0.257 e. The molecule has 0 aromatic carbocycles.